The fourth-order valence-electron chi connectivity index (χ4n) is 0.253. The van der Waals surface area contributed by atoms with E-state index in [9.17, 15) is 0 Å². The van der Waals surface area contributed by atoms with Gasteiger partial charge in [-0.05, 0) is 25.8 Å². The molecule has 0 unspecified atom stereocenters. The van der Waals surface area contributed by atoms with Crippen LogP contribution in [0.4, 0.5) is 0 Å². The molecule has 2 nitrogen and oxygen atoms in total. The van der Waals surface area contributed by atoms with Gasteiger partial charge in [-0.2, -0.15) is 0 Å². The van der Waals surface area contributed by atoms with Gasteiger partial charge < -0.3 is 5.73 Å². The van der Waals surface area contributed by atoms with E-state index < -0.39 is 0 Å². The molecule has 3 heteroatoms. The molecule has 0 fully saturated rings. The third kappa shape index (κ3) is 5.11. The smallest absolute Gasteiger partial charge is 0.0992 e. The highest BCUT2D eigenvalue weighted by Gasteiger charge is 1.77. The molecule has 9 heavy (non-hydrogen) atoms. The lowest BCUT2D eigenvalue weighted by molar-refractivity contribution is 1.32. The van der Waals surface area contributed by atoms with Gasteiger partial charge in [0.25, 0.3) is 0 Å². The zero-order valence-corrected chi connectivity index (χ0v) is 6.02. The summed E-state index contributed by atoms with van der Waals surface area (Å²) in [7, 11) is 0. The molecule has 0 saturated heterocycles. The van der Waals surface area contributed by atoms with Crippen LogP contribution in [-0.4, -0.2) is 6.72 Å². The lowest BCUT2D eigenvalue weighted by atomic mass is 10.4. The quantitative estimate of drug-likeness (QED) is 0.357. The number of hydrogen-bond donors (Lipinski definition) is 1. The highest BCUT2D eigenvalue weighted by molar-refractivity contribution is 6.29. The zero-order chi connectivity index (χ0) is 7.28. The summed E-state index contributed by atoms with van der Waals surface area (Å²) in [6.45, 7) is 5.12. The van der Waals surface area contributed by atoms with E-state index in [-0.39, 0.29) is 5.16 Å². The van der Waals surface area contributed by atoms with Gasteiger partial charge in [0.05, 0.1) is 5.16 Å². The van der Waals surface area contributed by atoms with Crippen LogP contribution >= 0.6 is 11.6 Å². The first-order valence-corrected chi connectivity index (χ1v) is 2.81. The molecule has 2 N–H and O–H groups in total. The van der Waals surface area contributed by atoms with Gasteiger partial charge >= 0.3 is 0 Å². The van der Waals surface area contributed by atoms with Crippen molar-refractivity contribution in [2.24, 2.45) is 10.7 Å². The van der Waals surface area contributed by atoms with E-state index in [1.807, 2.05) is 6.92 Å². The molecule has 50 valence electrons. The predicted octanol–water partition coefficient (Wildman–Crippen LogP) is 1.63. The Hall–Kier alpha value is -0.760. The summed E-state index contributed by atoms with van der Waals surface area (Å²) < 4.78 is 0. The highest BCUT2D eigenvalue weighted by Crippen LogP contribution is 1.96. The molecule has 0 bridgehead atoms. The maximum atomic E-state index is 5.31. The molecular formula is C6H9ClN2. The monoisotopic (exact) mass is 144 g/mol. The number of hydrogen-bond acceptors (Lipinski definition) is 2. The van der Waals surface area contributed by atoms with Gasteiger partial charge in [-0.1, -0.05) is 11.6 Å². The average molecular weight is 145 g/mol. The maximum Gasteiger partial charge on any atom is 0.0992 e. The van der Waals surface area contributed by atoms with Gasteiger partial charge in [0.1, 0.15) is 0 Å². The Balaban J connectivity index is 3.98. The Morgan fingerprint density at radius 1 is 1.67 bits per heavy atom. The van der Waals surface area contributed by atoms with Crippen LogP contribution in [0.25, 0.3) is 0 Å². The van der Waals surface area contributed by atoms with Crippen LogP contribution in [0.3, 0.4) is 0 Å². The summed E-state index contributed by atoms with van der Waals surface area (Å²) in [5, 5.41) is 0.248. The number of halogens is 1. The van der Waals surface area contributed by atoms with Crippen LogP contribution in [0.2, 0.25) is 0 Å². The average Bonchev–Trinajstić information content (AvgIpc) is 1.83. The minimum Gasteiger partial charge on any atom is -0.389 e. The number of nitrogens with two attached hydrogens (primary N) is 1. The molecular weight excluding hydrogens is 136 g/mol. The van der Waals surface area contributed by atoms with Gasteiger partial charge in [0.15, 0.2) is 0 Å². The fourth-order valence-corrected chi connectivity index (χ4v) is 0.316. The predicted molar refractivity (Wildman–Crippen MR) is 41.4 cm³/mol. The molecule has 0 heterocycles. The van der Waals surface area contributed by atoms with E-state index in [1.54, 1.807) is 12.2 Å². The van der Waals surface area contributed by atoms with Crippen molar-refractivity contribution in [3.05, 3.63) is 23.0 Å². The van der Waals surface area contributed by atoms with E-state index in [4.69, 9.17) is 17.3 Å². The van der Waals surface area contributed by atoms with Gasteiger partial charge in [-0.3, -0.25) is 4.99 Å². The Morgan fingerprint density at radius 3 is 2.56 bits per heavy atom. The first-order chi connectivity index (χ1) is 4.16. The summed E-state index contributed by atoms with van der Waals surface area (Å²) in [6, 6.07) is 0. The van der Waals surface area contributed by atoms with Crippen LogP contribution in [0.5, 0.6) is 0 Å². The second-order valence-electron chi connectivity index (χ2n) is 1.52. The van der Waals surface area contributed by atoms with Crippen LogP contribution in [0.1, 0.15) is 6.92 Å². The number of allylic oxidation sites excluding steroid dienone is 3. The van der Waals surface area contributed by atoms with Crippen molar-refractivity contribution in [1.82, 2.24) is 0 Å². The molecule has 0 aliphatic rings. The number of aliphatic imine (C=N–C) groups is 1. The molecule has 0 spiro atoms. The summed E-state index contributed by atoms with van der Waals surface area (Å²) in [5.74, 6) is 0. The third-order valence-electron chi connectivity index (χ3n) is 0.733. The van der Waals surface area contributed by atoms with E-state index in [1.165, 1.54) is 0 Å². The minimum atomic E-state index is 0.248. The van der Waals surface area contributed by atoms with Crippen molar-refractivity contribution < 1.29 is 0 Å². The summed E-state index contributed by atoms with van der Waals surface area (Å²) in [4.78, 5) is 3.61. The lowest BCUT2D eigenvalue weighted by Gasteiger charge is -1.84. The Kier molecular flexibility index (Phi) is 3.80. The maximum absolute atomic E-state index is 5.31. The fraction of sp³-hybridized carbons (Fsp3) is 0.167. The Bertz CT molecular complexity index is 154. The van der Waals surface area contributed by atoms with Gasteiger partial charge in [-0.25, -0.2) is 0 Å². The van der Waals surface area contributed by atoms with E-state index in [2.05, 4.69) is 11.7 Å². The molecule has 0 radical (unpaired) electrons. The zero-order valence-electron chi connectivity index (χ0n) is 5.26. The Labute approximate surface area is 59.7 Å². The van der Waals surface area contributed by atoms with E-state index >= 15 is 0 Å². The van der Waals surface area contributed by atoms with Crippen molar-refractivity contribution in [3.8, 4) is 0 Å². The number of nitrogens with zero attached hydrogens (tertiary/aromatic N) is 1. The topological polar surface area (TPSA) is 38.4 Å². The molecule has 0 aromatic rings. The van der Waals surface area contributed by atoms with Gasteiger partial charge in [0, 0.05) is 5.70 Å². The molecule has 0 aromatic carbocycles. The second-order valence-corrected chi connectivity index (χ2v) is 1.95. The first kappa shape index (κ1) is 8.24. The van der Waals surface area contributed by atoms with Crippen molar-refractivity contribution in [2.75, 3.05) is 0 Å². The molecule has 0 rings (SSSR count). The molecule has 0 saturated carbocycles. The van der Waals surface area contributed by atoms with Crippen LogP contribution in [0, 0.1) is 0 Å². The SMILES string of the molecule is C=N/C(C)=C\C=C(/N)Cl. The van der Waals surface area contributed by atoms with Crippen LogP contribution in [-0.2, 0) is 0 Å². The van der Waals surface area contributed by atoms with Gasteiger partial charge in [-0.15, -0.1) is 0 Å². The third-order valence-corrected chi connectivity index (χ3v) is 0.859. The normalized spacial score (nSPS) is 13.6. The molecule has 0 atom stereocenters. The molecule has 0 aliphatic carbocycles. The molecule has 0 aliphatic heterocycles. The largest absolute Gasteiger partial charge is 0.389 e. The van der Waals surface area contributed by atoms with Crippen molar-refractivity contribution in [2.45, 2.75) is 6.92 Å². The lowest BCUT2D eigenvalue weighted by Crippen LogP contribution is -1.84. The van der Waals surface area contributed by atoms with Gasteiger partial charge in [0.2, 0.25) is 0 Å². The second kappa shape index (κ2) is 4.15. The minimum absolute atomic E-state index is 0.248. The summed E-state index contributed by atoms with van der Waals surface area (Å²) in [5.41, 5.74) is 5.91. The van der Waals surface area contributed by atoms with Crippen molar-refractivity contribution >= 4 is 18.3 Å². The van der Waals surface area contributed by atoms with E-state index in [0.29, 0.717) is 0 Å². The number of rotatable bonds is 2. The highest BCUT2D eigenvalue weighted by atomic mass is 35.5. The summed E-state index contributed by atoms with van der Waals surface area (Å²) in [6.07, 6.45) is 3.25. The van der Waals surface area contributed by atoms with Crippen LogP contribution < -0.4 is 5.73 Å². The van der Waals surface area contributed by atoms with Crippen LogP contribution in [0.15, 0.2) is 28.0 Å². The first-order valence-electron chi connectivity index (χ1n) is 2.43. The molecule has 0 aromatic heterocycles. The van der Waals surface area contributed by atoms with Crippen molar-refractivity contribution in [3.63, 3.8) is 0 Å². The van der Waals surface area contributed by atoms with E-state index in [0.717, 1.165) is 5.70 Å². The standard InChI is InChI=1S/C6H9ClN2/c1-5(9-2)3-4-6(7)8/h3-4H,2,8H2,1H3/b5-3-,6-4-. The summed E-state index contributed by atoms with van der Waals surface area (Å²) >= 11 is 5.31. The molecule has 0 amide bonds. The Morgan fingerprint density at radius 2 is 2.22 bits per heavy atom. The van der Waals surface area contributed by atoms with Crippen molar-refractivity contribution in [1.29, 1.82) is 0 Å².